The minimum atomic E-state index is 0.0818. The van der Waals surface area contributed by atoms with E-state index in [2.05, 4.69) is 56.1 Å². The van der Waals surface area contributed by atoms with Crippen LogP contribution in [0.3, 0.4) is 0 Å². The number of alkyl halides is 1. The Kier molecular flexibility index (Phi) is 5.42. The van der Waals surface area contributed by atoms with Crippen molar-refractivity contribution in [3.05, 3.63) is 70.2 Å². The highest BCUT2D eigenvalue weighted by molar-refractivity contribution is 9.10. The van der Waals surface area contributed by atoms with Crippen molar-refractivity contribution < 1.29 is 4.74 Å². The lowest BCUT2D eigenvalue weighted by atomic mass is 10.1. The molecule has 3 heteroatoms. The maximum Gasteiger partial charge on any atom is 0.0926 e. The second-order valence-corrected chi connectivity index (χ2v) is 5.55. The molecular formula is C15H14Br2O. The molecule has 0 spiro atoms. The summed E-state index contributed by atoms with van der Waals surface area (Å²) in [5, 5.41) is 0.793. The van der Waals surface area contributed by atoms with Gasteiger partial charge < -0.3 is 4.74 Å². The molecule has 18 heavy (non-hydrogen) atoms. The Balaban J connectivity index is 1.99. The van der Waals surface area contributed by atoms with Crippen LogP contribution in [0.5, 0.6) is 0 Å². The van der Waals surface area contributed by atoms with E-state index >= 15 is 0 Å². The number of hydrogen-bond donors (Lipinski definition) is 0. The van der Waals surface area contributed by atoms with E-state index in [1.165, 1.54) is 11.1 Å². The van der Waals surface area contributed by atoms with Crippen LogP contribution < -0.4 is 0 Å². The third kappa shape index (κ3) is 3.94. The largest absolute Gasteiger partial charge is 0.368 e. The molecule has 1 atom stereocenters. The van der Waals surface area contributed by atoms with Gasteiger partial charge in [0.25, 0.3) is 0 Å². The Morgan fingerprint density at radius 3 is 2.22 bits per heavy atom. The van der Waals surface area contributed by atoms with E-state index in [1.807, 2.05) is 30.3 Å². The van der Waals surface area contributed by atoms with E-state index in [0.29, 0.717) is 6.61 Å². The van der Waals surface area contributed by atoms with Gasteiger partial charge in [-0.15, -0.1) is 0 Å². The first-order chi connectivity index (χ1) is 8.79. The number of benzene rings is 2. The molecule has 0 aliphatic heterocycles. The molecule has 0 radical (unpaired) electrons. The number of rotatable bonds is 5. The lowest BCUT2D eigenvalue weighted by Gasteiger charge is -2.16. The van der Waals surface area contributed by atoms with Crippen LogP contribution in [-0.2, 0) is 11.3 Å². The van der Waals surface area contributed by atoms with Gasteiger partial charge in [-0.1, -0.05) is 74.3 Å². The van der Waals surface area contributed by atoms with Crippen molar-refractivity contribution in [2.75, 3.05) is 5.33 Å². The molecule has 0 saturated heterocycles. The number of ether oxygens (including phenoxy) is 1. The first-order valence-corrected chi connectivity index (χ1v) is 7.68. The standard InChI is InChI=1S/C15H14Br2O/c16-10-15(13-6-8-14(17)9-7-13)18-11-12-4-2-1-3-5-12/h1-9,15H,10-11H2. The summed E-state index contributed by atoms with van der Waals surface area (Å²) < 4.78 is 7.03. The summed E-state index contributed by atoms with van der Waals surface area (Å²) in [7, 11) is 0. The summed E-state index contributed by atoms with van der Waals surface area (Å²) in [6, 6.07) is 18.5. The summed E-state index contributed by atoms with van der Waals surface area (Å²) in [6.07, 6.45) is 0.0818. The molecule has 0 aliphatic rings. The molecule has 0 aromatic heterocycles. The van der Waals surface area contributed by atoms with E-state index in [9.17, 15) is 0 Å². The molecular weight excluding hydrogens is 356 g/mol. The van der Waals surface area contributed by atoms with Gasteiger partial charge in [-0.3, -0.25) is 0 Å². The fourth-order valence-electron chi connectivity index (χ4n) is 1.68. The molecule has 1 nitrogen and oxygen atoms in total. The van der Waals surface area contributed by atoms with Crippen LogP contribution in [0, 0.1) is 0 Å². The zero-order valence-electron chi connectivity index (χ0n) is 9.85. The van der Waals surface area contributed by atoms with Gasteiger partial charge in [-0.05, 0) is 23.3 Å². The van der Waals surface area contributed by atoms with Gasteiger partial charge in [0.1, 0.15) is 0 Å². The molecule has 0 aliphatic carbocycles. The van der Waals surface area contributed by atoms with Crippen LogP contribution in [0.4, 0.5) is 0 Å². The third-order valence-corrected chi connectivity index (χ3v) is 3.79. The maximum atomic E-state index is 5.94. The lowest BCUT2D eigenvalue weighted by Crippen LogP contribution is -2.05. The zero-order chi connectivity index (χ0) is 12.8. The van der Waals surface area contributed by atoms with Gasteiger partial charge >= 0.3 is 0 Å². The normalized spacial score (nSPS) is 12.3. The fraction of sp³-hybridized carbons (Fsp3) is 0.200. The predicted octanol–water partition coefficient (Wildman–Crippen LogP) is 5.10. The van der Waals surface area contributed by atoms with Crippen molar-refractivity contribution in [3.63, 3.8) is 0 Å². The van der Waals surface area contributed by atoms with Gasteiger partial charge in [0.2, 0.25) is 0 Å². The van der Waals surface area contributed by atoms with E-state index in [0.717, 1.165) is 9.80 Å². The Morgan fingerprint density at radius 2 is 1.61 bits per heavy atom. The molecule has 0 N–H and O–H groups in total. The second-order valence-electron chi connectivity index (χ2n) is 3.99. The molecule has 0 amide bonds. The summed E-state index contributed by atoms with van der Waals surface area (Å²) >= 11 is 6.95. The van der Waals surface area contributed by atoms with Crippen molar-refractivity contribution in [2.24, 2.45) is 0 Å². The van der Waals surface area contributed by atoms with Gasteiger partial charge in [0.05, 0.1) is 12.7 Å². The average molecular weight is 370 g/mol. The van der Waals surface area contributed by atoms with Gasteiger partial charge in [0, 0.05) is 9.80 Å². The van der Waals surface area contributed by atoms with Crippen LogP contribution in [-0.4, -0.2) is 5.33 Å². The zero-order valence-corrected chi connectivity index (χ0v) is 13.0. The van der Waals surface area contributed by atoms with Crippen molar-refractivity contribution in [2.45, 2.75) is 12.7 Å². The summed E-state index contributed by atoms with van der Waals surface area (Å²) in [5.41, 5.74) is 2.38. The van der Waals surface area contributed by atoms with Gasteiger partial charge in [-0.2, -0.15) is 0 Å². The van der Waals surface area contributed by atoms with Crippen molar-refractivity contribution in [1.82, 2.24) is 0 Å². The monoisotopic (exact) mass is 368 g/mol. The van der Waals surface area contributed by atoms with Crippen LogP contribution in [0.15, 0.2) is 59.1 Å². The Morgan fingerprint density at radius 1 is 0.944 bits per heavy atom. The minimum absolute atomic E-state index is 0.0818. The third-order valence-electron chi connectivity index (χ3n) is 2.68. The summed E-state index contributed by atoms with van der Waals surface area (Å²) in [5.74, 6) is 0. The summed E-state index contributed by atoms with van der Waals surface area (Å²) in [4.78, 5) is 0. The molecule has 1 unspecified atom stereocenters. The second kappa shape index (κ2) is 7.07. The fourth-order valence-corrected chi connectivity index (χ4v) is 2.50. The molecule has 2 aromatic rings. The van der Waals surface area contributed by atoms with E-state index in [4.69, 9.17) is 4.74 Å². The number of hydrogen-bond acceptors (Lipinski definition) is 1. The Bertz CT molecular complexity index is 468. The Hall–Kier alpha value is -0.640. The van der Waals surface area contributed by atoms with Crippen LogP contribution in [0.1, 0.15) is 17.2 Å². The van der Waals surface area contributed by atoms with Crippen LogP contribution >= 0.6 is 31.9 Å². The predicted molar refractivity (Wildman–Crippen MR) is 81.9 cm³/mol. The maximum absolute atomic E-state index is 5.94. The molecule has 2 rings (SSSR count). The molecule has 2 aromatic carbocycles. The molecule has 94 valence electrons. The SMILES string of the molecule is BrCC(OCc1ccccc1)c1ccc(Br)cc1. The van der Waals surface area contributed by atoms with Gasteiger partial charge in [-0.25, -0.2) is 0 Å². The average Bonchev–Trinajstić information content (AvgIpc) is 2.42. The minimum Gasteiger partial charge on any atom is -0.368 e. The van der Waals surface area contributed by atoms with E-state index in [-0.39, 0.29) is 6.10 Å². The van der Waals surface area contributed by atoms with E-state index < -0.39 is 0 Å². The molecule has 0 bridgehead atoms. The lowest BCUT2D eigenvalue weighted by molar-refractivity contribution is 0.0566. The smallest absolute Gasteiger partial charge is 0.0926 e. The Labute approximate surface area is 124 Å². The van der Waals surface area contributed by atoms with Crippen LogP contribution in [0.25, 0.3) is 0 Å². The highest BCUT2D eigenvalue weighted by atomic mass is 79.9. The van der Waals surface area contributed by atoms with Gasteiger partial charge in [0.15, 0.2) is 0 Å². The summed E-state index contributed by atoms with van der Waals surface area (Å²) in [6.45, 7) is 0.632. The van der Waals surface area contributed by atoms with E-state index in [1.54, 1.807) is 0 Å². The first-order valence-electron chi connectivity index (χ1n) is 5.76. The van der Waals surface area contributed by atoms with Crippen molar-refractivity contribution in [1.29, 1.82) is 0 Å². The highest BCUT2D eigenvalue weighted by Gasteiger charge is 2.10. The highest BCUT2D eigenvalue weighted by Crippen LogP contribution is 2.23. The van der Waals surface area contributed by atoms with Crippen molar-refractivity contribution >= 4 is 31.9 Å². The topological polar surface area (TPSA) is 9.23 Å². The molecule has 0 saturated carbocycles. The number of halogens is 2. The van der Waals surface area contributed by atoms with Crippen LogP contribution in [0.2, 0.25) is 0 Å². The molecule has 0 fully saturated rings. The molecule has 0 heterocycles. The quantitative estimate of drug-likeness (QED) is 0.666. The van der Waals surface area contributed by atoms with Crippen molar-refractivity contribution in [3.8, 4) is 0 Å². The first kappa shape index (κ1) is 13.8.